The molecule has 1 unspecified atom stereocenters. The van der Waals surface area contributed by atoms with E-state index < -0.39 is 0 Å². The van der Waals surface area contributed by atoms with Gasteiger partial charge in [0.2, 0.25) is 0 Å². The normalized spacial score (nSPS) is 18.1. The fourth-order valence-corrected chi connectivity index (χ4v) is 3.15. The van der Waals surface area contributed by atoms with E-state index in [0.717, 1.165) is 23.7 Å². The number of piperazine rings is 1. The van der Waals surface area contributed by atoms with Gasteiger partial charge in [-0.15, -0.1) is 23.7 Å². The summed E-state index contributed by atoms with van der Waals surface area (Å²) >= 11 is 1.45. The number of amides is 1. The van der Waals surface area contributed by atoms with Gasteiger partial charge in [-0.05, 0) is 18.6 Å². The summed E-state index contributed by atoms with van der Waals surface area (Å²) in [7, 11) is 0. The first kappa shape index (κ1) is 15.9. The molecular formula is C14H17ClN4OS. The smallest absolute Gasteiger partial charge is 0.266 e. The van der Waals surface area contributed by atoms with Gasteiger partial charge in [0.1, 0.15) is 4.88 Å². The van der Waals surface area contributed by atoms with Crippen molar-refractivity contribution < 1.29 is 4.79 Å². The molecule has 1 aliphatic heterocycles. The number of hydrogen-bond donors (Lipinski definition) is 1. The van der Waals surface area contributed by atoms with E-state index in [-0.39, 0.29) is 24.4 Å². The number of carbonyl (C=O) groups is 1. The number of nitrogens with one attached hydrogen (secondary N) is 1. The molecule has 0 aromatic carbocycles. The molecule has 0 radical (unpaired) electrons. The Balaban J connectivity index is 0.00000161. The molecule has 0 saturated carbocycles. The SMILES string of the molecule is Cc1ncc(C(=O)N2CCNCC2c2cccnc2)s1.Cl. The summed E-state index contributed by atoms with van der Waals surface area (Å²) in [6.45, 7) is 4.20. The molecule has 1 fully saturated rings. The first-order valence-corrected chi connectivity index (χ1v) is 7.41. The Morgan fingerprint density at radius 2 is 2.33 bits per heavy atom. The van der Waals surface area contributed by atoms with E-state index in [1.54, 1.807) is 12.4 Å². The second kappa shape index (κ2) is 6.98. The van der Waals surface area contributed by atoms with Crippen LogP contribution in [0.1, 0.15) is 26.3 Å². The van der Waals surface area contributed by atoms with Gasteiger partial charge in [-0.2, -0.15) is 0 Å². The number of halogens is 1. The quantitative estimate of drug-likeness (QED) is 0.918. The van der Waals surface area contributed by atoms with Gasteiger partial charge in [0.05, 0.1) is 17.2 Å². The van der Waals surface area contributed by atoms with E-state index in [2.05, 4.69) is 15.3 Å². The molecule has 112 valence electrons. The number of hydrogen-bond acceptors (Lipinski definition) is 5. The van der Waals surface area contributed by atoms with Gasteiger partial charge in [-0.3, -0.25) is 9.78 Å². The van der Waals surface area contributed by atoms with Crippen molar-refractivity contribution in [3.05, 3.63) is 46.2 Å². The summed E-state index contributed by atoms with van der Waals surface area (Å²) in [5.74, 6) is 0.0611. The van der Waals surface area contributed by atoms with Crippen LogP contribution in [-0.4, -0.2) is 40.4 Å². The van der Waals surface area contributed by atoms with Crippen molar-refractivity contribution in [2.24, 2.45) is 0 Å². The maximum Gasteiger partial charge on any atom is 0.266 e. The van der Waals surface area contributed by atoms with Gasteiger partial charge in [0.15, 0.2) is 0 Å². The molecule has 2 aromatic rings. The maximum absolute atomic E-state index is 12.6. The molecule has 1 atom stereocenters. The van der Waals surface area contributed by atoms with Crippen LogP contribution in [0, 0.1) is 6.92 Å². The van der Waals surface area contributed by atoms with Crippen molar-refractivity contribution in [2.75, 3.05) is 19.6 Å². The zero-order valence-corrected chi connectivity index (χ0v) is 13.3. The molecule has 1 saturated heterocycles. The number of carbonyl (C=O) groups excluding carboxylic acids is 1. The molecule has 1 aliphatic rings. The van der Waals surface area contributed by atoms with Crippen molar-refractivity contribution in [3.8, 4) is 0 Å². The Labute approximate surface area is 133 Å². The number of thiazole rings is 1. The van der Waals surface area contributed by atoms with Crippen LogP contribution in [0.25, 0.3) is 0 Å². The number of nitrogens with zero attached hydrogens (tertiary/aromatic N) is 3. The predicted molar refractivity (Wildman–Crippen MR) is 85.0 cm³/mol. The number of rotatable bonds is 2. The predicted octanol–water partition coefficient (Wildman–Crippen LogP) is 2.06. The standard InChI is InChI=1S/C14H16N4OS.ClH/c1-10-17-9-13(20-10)14(19)18-6-5-16-8-12(18)11-3-2-4-15-7-11;/h2-4,7,9,12,16H,5-6,8H2,1H3;1H. The number of pyridine rings is 1. The molecule has 7 heteroatoms. The molecular weight excluding hydrogens is 308 g/mol. The molecule has 0 aliphatic carbocycles. The Hall–Kier alpha value is -1.50. The second-order valence-corrected chi connectivity index (χ2v) is 5.98. The first-order valence-electron chi connectivity index (χ1n) is 6.60. The summed E-state index contributed by atoms with van der Waals surface area (Å²) in [6, 6.07) is 3.96. The minimum absolute atomic E-state index is 0. The van der Waals surface area contributed by atoms with E-state index in [1.165, 1.54) is 11.3 Å². The van der Waals surface area contributed by atoms with E-state index in [1.807, 2.05) is 30.2 Å². The molecule has 21 heavy (non-hydrogen) atoms. The maximum atomic E-state index is 12.6. The van der Waals surface area contributed by atoms with Crippen molar-refractivity contribution in [1.82, 2.24) is 20.2 Å². The van der Waals surface area contributed by atoms with Crippen LogP contribution >= 0.6 is 23.7 Å². The minimum Gasteiger partial charge on any atom is -0.328 e. The molecule has 3 heterocycles. The topological polar surface area (TPSA) is 58.1 Å². The lowest BCUT2D eigenvalue weighted by Crippen LogP contribution is -2.48. The molecule has 0 spiro atoms. The summed E-state index contributed by atoms with van der Waals surface area (Å²) in [4.78, 5) is 23.6. The second-order valence-electron chi connectivity index (χ2n) is 4.75. The zero-order valence-electron chi connectivity index (χ0n) is 11.7. The fraction of sp³-hybridized carbons (Fsp3) is 0.357. The number of aromatic nitrogens is 2. The van der Waals surface area contributed by atoms with Crippen LogP contribution in [0.5, 0.6) is 0 Å². The van der Waals surface area contributed by atoms with Gasteiger partial charge < -0.3 is 10.2 Å². The van der Waals surface area contributed by atoms with Crippen molar-refractivity contribution >= 4 is 29.7 Å². The van der Waals surface area contributed by atoms with Crippen LogP contribution in [0.3, 0.4) is 0 Å². The van der Waals surface area contributed by atoms with Gasteiger partial charge in [0.25, 0.3) is 5.91 Å². The summed E-state index contributed by atoms with van der Waals surface area (Å²) in [5, 5.41) is 4.26. The Morgan fingerprint density at radius 1 is 1.48 bits per heavy atom. The van der Waals surface area contributed by atoms with Crippen LogP contribution in [-0.2, 0) is 0 Å². The first-order chi connectivity index (χ1) is 9.75. The van der Waals surface area contributed by atoms with Crippen LogP contribution in [0.4, 0.5) is 0 Å². The van der Waals surface area contributed by atoms with E-state index in [4.69, 9.17) is 0 Å². The molecule has 3 rings (SSSR count). The van der Waals surface area contributed by atoms with Crippen LogP contribution in [0.2, 0.25) is 0 Å². The lowest BCUT2D eigenvalue weighted by Gasteiger charge is -2.36. The lowest BCUT2D eigenvalue weighted by molar-refractivity contribution is 0.0639. The molecule has 5 nitrogen and oxygen atoms in total. The Kier molecular flexibility index (Phi) is 5.27. The summed E-state index contributed by atoms with van der Waals surface area (Å²) < 4.78 is 0. The third-order valence-corrected chi connectivity index (χ3v) is 4.31. The molecule has 0 bridgehead atoms. The summed E-state index contributed by atoms with van der Waals surface area (Å²) in [6.07, 6.45) is 5.25. The monoisotopic (exact) mass is 324 g/mol. The van der Waals surface area contributed by atoms with E-state index in [0.29, 0.717) is 11.4 Å². The Morgan fingerprint density at radius 3 is 3.00 bits per heavy atom. The van der Waals surface area contributed by atoms with E-state index in [9.17, 15) is 4.79 Å². The van der Waals surface area contributed by atoms with Gasteiger partial charge in [-0.1, -0.05) is 6.07 Å². The highest BCUT2D eigenvalue weighted by Crippen LogP contribution is 2.25. The third-order valence-electron chi connectivity index (χ3n) is 3.41. The highest BCUT2D eigenvalue weighted by atomic mass is 35.5. The molecule has 1 N–H and O–H groups in total. The van der Waals surface area contributed by atoms with Crippen molar-refractivity contribution in [3.63, 3.8) is 0 Å². The summed E-state index contributed by atoms with van der Waals surface area (Å²) in [5.41, 5.74) is 1.06. The zero-order chi connectivity index (χ0) is 13.9. The van der Waals surface area contributed by atoms with Crippen LogP contribution < -0.4 is 5.32 Å². The highest BCUT2D eigenvalue weighted by molar-refractivity contribution is 7.13. The average Bonchev–Trinajstić information content (AvgIpc) is 2.94. The third kappa shape index (κ3) is 3.40. The average molecular weight is 325 g/mol. The van der Waals surface area contributed by atoms with E-state index >= 15 is 0 Å². The van der Waals surface area contributed by atoms with Gasteiger partial charge in [-0.25, -0.2) is 4.98 Å². The highest BCUT2D eigenvalue weighted by Gasteiger charge is 2.29. The lowest BCUT2D eigenvalue weighted by atomic mass is 10.1. The minimum atomic E-state index is 0. The van der Waals surface area contributed by atoms with Crippen LogP contribution in [0.15, 0.2) is 30.7 Å². The van der Waals surface area contributed by atoms with Crippen molar-refractivity contribution in [2.45, 2.75) is 13.0 Å². The fourth-order valence-electron chi connectivity index (χ4n) is 2.42. The van der Waals surface area contributed by atoms with Gasteiger partial charge in [0, 0.05) is 32.0 Å². The van der Waals surface area contributed by atoms with Gasteiger partial charge >= 0.3 is 0 Å². The largest absolute Gasteiger partial charge is 0.328 e. The number of aryl methyl sites for hydroxylation is 1. The molecule has 1 amide bonds. The Bertz CT molecular complexity index is 604. The molecule has 2 aromatic heterocycles. The van der Waals surface area contributed by atoms with Crippen molar-refractivity contribution in [1.29, 1.82) is 0 Å².